The number of aryl methyl sites for hydroxylation is 1. The minimum atomic E-state index is 0.692. The van der Waals surface area contributed by atoms with E-state index in [0.29, 0.717) is 5.69 Å². The van der Waals surface area contributed by atoms with E-state index in [-0.39, 0.29) is 0 Å². The summed E-state index contributed by atoms with van der Waals surface area (Å²) < 4.78 is 0. The molecule has 1 rings (SSSR count). The van der Waals surface area contributed by atoms with Gasteiger partial charge < -0.3 is 11.1 Å². The van der Waals surface area contributed by atoms with E-state index in [9.17, 15) is 0 Å². The molecule has 0 aliphatic rings. The Balaban J connectivity index is 3.04. The highest BCUT2D eigenvalue weighted by atomic mass is 15.2. The first-order chi connectivity index (χ1) is 4.25. The van der Waals surface area contributed by atoms with Gasteiger partial charge in [-0.3, -0.25) is 5.10 Å². The lowest BCUT2D eigenvalue weighted by Crippen LogP contribution is -1.93. The van der Waals surface area contributed by atoms with E-state index < -0.39 is 0 Å². The molecule has 0 atom stereocenters. The number of nitrogen functional groups attached to an aromatic ring is 1. The lowest BCUT2D eigenvalue weighted by molar-refractivity contribution is 1.05. The second-order valence-electron chi connectivity index (χ2n) is 1.85. The first-order valence-electron chi connectivity index (χ1n) is 2.74. The molecule has 50 valence electrons. The van der Waals surface area contributed by atoms with E-state index in [1.54, 1.807) is 7.05 Å². The van der Waals surface area contributed by atoms with Crippen molar-refractivity contribution >= 4 is 11.5 Å². The van der Waals surface area contributed by atoms with Crippen LogP contribution in [-0.2, 0) is 0 Å². The maximum absolute atomic E-state index is 5.56. The molecular formula is C5H10N4. The van der Waals surface area contributed by atoms with Gasteiger partial charge in [0.2, 0.25) is 0 Å². The first-order valence-corrected chi connectivity index (χ1v) is 2.74. The lowest BCUT2D eigenvalue weighted by Gasteiger charge is -1.93. The first kappa shape index (κ1) is 5.94. The van der Waals surface area contributed by atoms with Crippen molar-refractivity contribution in [2.24, 2.45) is 0 Å². The fourth-order valence-electron chi connectivity index (χ4n) is 0.632. The van der Waals surface area contributed by atoms with Crippen molar-refractivity contribution in [3.8, 4) is 0 Å². The summed E-state index contributed by atoms with van der Waals surface area (Å²) in [5.74, 6) is 0.785. The molecule has 1 heterocycles. The second kappa shape index (κ2) is 1.97. The number of rotatable bonds is 1. The van der Waals surface area contributed by atoms with Gasteiger partial charge in [0.25, 0.3) is 0 Å². The van der Waals surface area contributed by atoms with Gasteiger partial charge in [0.15, 0.2) is 0 Å². The standard InChI is InChI=1S/C5H10N4/c1-3-4(6)5(7-2)9-8-3/h6H2,1-2H3,(H2,7,8,9). The minimum absolute atomic E-state index is 0.692. The normalized spacial score (nSPS) is 9.56. The third-order valence-corrected chi connectivity index (χ3v) is 1.24. The van der Waals surface area contributed by atoms with Crippen LogP contribution in [0.3, 0.4) is 0 Å². The predicted octanol–water partition coefficient (Wildman–Crippen LogP) is 0.342. The van der Waals surface area contributed by atoms with Crippen LogP contribution in [0.5, 0.6) is 0 Å². The molecule has 1 aromatic heterocycles. The monoisotopic (exact) mass is 126 g/mol. The molecule has 0 aromatic carbocycles. The van der Waals surface area contributed by atoms with E-state index in [2.05, 4.69) is 15.5 Å². The number of anilines is 2. The number of nitrogens with one attached hydrogen (secondary N) is 2. The summed E-state index contributed by atoms with van der Waals surface area (Å²) in [7, 11) is 1.79. The molecule has 0 radical (unpaired) electrons. The fourth-order valence-corrected chi connectivity index (χ4v) is 0.632. The van der Waals surface area contributed by atoms with Crippen molar-refractivity contribution in [2.45, 2.75) is 6.92 Å². The van der Waals surface area contributed by atoms with E-state index >= 15 is 0 Å². The topological polar surface area (TPSA) is 66.7 Å². The summed E-state index contributed by atoms with van der Waals surface area (Å²) in [4.78, 5) is 0. The zero-order valence-electron chi connectivity index (χ0n) is 5.52. The van der Waals surface area contributed by atoms with Gasteiger partial charge in [-0.05, 0) is 6.92 Å². The number of hydrogen-bond acceptors (Lipinski definition) is 3. The SMILES string of the molecule is CNc1[nH]nc(C)c1N. The quantitative estimate of drug-likeness (QED) is 0.508. The predicted molar refractivity (Wildman–Crippen MR) is 37.3 cm³/mol. The van der Waals surface area contributed by atoms with E-state index in [1.807, 2.05) is 6.92 Å². The second-order valence-corrected chi connectivity index (χ2v) is 1.85. The highest BCUT2D eigenvalue weighted by Crippen LogP contribution is 2.16. The molecule has 0 saturated carbocycles. The van der Waals surface area contributed by atoms with Crippen molar-refractivity contribution in [2.75, 3.05) is 18.1 Å². The average Bonchev–Trinajstić information content (AvgIpc) is 2.15. The largest absolute Gasteiger partial charge is 0.394 e. The number of nitrogens with zero attached hydrogens (tertiary/aromatic N) is 1. The third-order valence-electron chi connectivity index (χ3n) is 1.24. The van der Waals surface area contributed by atoms with Crippen molar-refractivity contribution in [1.82, 2.24) is 10.2 Å². The summed E-state index contributed by atoms with van der Waals surface area (Å²) >= 11 is 0. The highest BCUT2D eigenvalue weighted by Gasteiger charge is 2.01. The summed E-state index contributed by atoms with van der Waals surface area (Å²) in [6.07, 6.45) is 0. The zero-order valence-corrected chi connectivity index (χ0v) is 5.52. The average molecular weight is 126 g/mol. The molecule has 0 aliphatic carbocycles. The van der Waals surface area contributed by atoms with Crippen molar-refractivity contribution < 1.29 is 0 Å². The minimum Gasteiger partial charge on any atom is -0.394 e. The van der Waals surface area contributed by atoms with E-state index in [4.69, 9.17) is 5.73 Å². The number of H-pyrrole nitrogens is 1. The van der Waals surface area contributed by atoms with Crippen molar-refractivity contribution in [3.05, 3.63) is 5.69 Å². The Hall–Kier alpha value is -1.19. The zero-order chi connectivity index (χ0) is 6.85. The van der Waals surface area contributed by atoms with Crippen LogP contribution in [0.15, 0.2) is 0 Å². The Bertz CT molecular complexity index is 203. The van der Waals surface area contributed by atoms with Crippen LogP contribution in [0.1, 0.15) is 5.69 Å². The van der Waals surface area contributed by atoms with Gasteiger partial charge in [-0.1, -0.05) is 0 Å². The molecule has 0 bridgehead atoms. The maximum Gasteiger partial charge on any atom is 0.145 e. The van der Waals surface area contributed by atoms with Crippen LogP contribution in [0.2, 0.25) is 0 Å². The van der Waals surface area contributed by atoms with Crippen LogP contribution in [0, 0.1) is 6.92 Å². The summed E-state index contributed by atoms with van der Waals surface area (Å²) in [6, 6.07) is 0. The van der Waals surface area contributed by atoms with Crippen LogP contribution in [0.25, 0.3) is 0 Å². The van der Waals surface area contributed by atoms with Gasteiger partial charge in [-0.25, -0.2) is 0 Å². The lowest BCUT2D eigenvalue weighted by atomic mass is 10.4. The maximum atomic E-state index is 5.56. The number of nitrogens with two attached hydrogens (primary N) is 1. The fraction of sp³-hybridized carbons (Fsp3) is 0.400. The molecule has 0 fully saturated rings. The molecule has 4 N–H and O–H groups in total. The molecule has 9 heavy (non-hydrogen) atoms. The Labute approximate surface area is 53.4 Å². The summed E-state index contributed by atoms with van der Waals surface area (Å²) in [5.41, 5.74) is 7.08. The number of hydrogen-bond donors (Lipinski definition) is 3. The van der Waals surface area contributed by atoms with Crippen molar-refractivity contribution in [1.29, 1.82) is 0 Å². The molecule has 4 heteroatoms. The Morgan fingerprint density at radius 2 is 2.33 bits per heavy atom. The molecule has 1 aromatic rings. The van der Waals surface area contributed by atoms with Gasteiger partial charge >= 0.3 is 0 Å². The third kappa shape index (κ3) is 0.826. The number of aromatic nitrogens is 2. The van der Waals surface area contributed by atoms with Gasteiger partial charge in [-0.15, -0.1) is 0 Å². The molecule has 0 saturated heterocycles. The van der Waals surface area contributed by atoms with E-state index in [0.717, 1.165) is 11.5 Å². The molecule has 0 amide bonds. The molecule has 0 aliphatic heterocycles. The van der Waals surface area contributed by atoms with Crippen molar-refractivity contribution in [3.63, 3.8) is 0 Å². The summed E-state index contributed by atoms with van der Waals surface area (Å²) in [5, 5.41) is 9.48. The van der Waals surface area contributed by atoms with Gasteiger partial charge in [-0.2, -0.15) is 5.10 Å². The van der Waals surface area contributed by atoms with E-state index in [1.165, 1.54) is 0 Å². The molecule has 4 nitrogen and oxygen atoms in total. The van der Waals surface area contributed by atoms with Gasteiger partial charge in [0.05, 0.1) is 11.4 Å². The smallest absolute Gasteiger partial charge is 0.145 e. The van der Waals surface area contributed by atoms with Gasteiger partial charge in [0, 0.05) is 7.05 Å². The highest BCUT2D eigenvalue weighted by molar-refractivity contribution is 5.63. The Morgan fingerprint density at radius 3 is 2.56 bits per heavy atom. The molecular weight excluding hydrogens is 116 g/mol. The summed E-state index contributed by atoms with van der Waals surface area (Å²) in [6.45, 7) is 1.85. The number of aromatic amines is 1. The Kier molecular flexibility index (Phi) is 1.30. The van der Waals surface area contributed by atoms with Crippen LogP contribution in [0.4, 0.5) is 11.5 Å². The molecule has 0 unspecified atom stereocenters. The van der Waals surface area contributed by atoms with Crippen LogP contribution >= 0.6 is 0 Å². The Morgan fingerprint density at radius 1 is 1.67 bits per heavy atom. The van der Waals surface area contributed by atoms with Gasteiger partial charge in [0.1, 0.15) is 5.82 Å². The van der Waals surface area contributed by atoms with Crippen LogP contribution < -0.4 is 11.1 Å². The van der Waals surface area contributed by atoms with Crippen LogP contribution in [-0.4, -0.2) is 17.2 Å². The molecule has 0 spiro atoms.